The van der Waals surface area contributed by atoms with Crippen LogP contribution in [0.4, 0.5) is 18.4 Å². The van der Waals surface area contributed by atoms with E-state index < -0.39 is 36.2 Å². The van der Waals surface area contributed by atoms with Gasteiger partial charge in [-0.3, -0.25) is 9.59 Å². The van der Waals surface area contributed by atoms with Crippen LogP contribution in [0.3, 0.4) is 0 Å². The molecule has 2 bridgehead atoms. The second-order valence-corrected chi connectivity index (χ2v) is 18.1. The van der Waals surface area contributed by atoms with Crippen LogP contribution in [0.2, 0.25) is 0 Å². The third kappa shape index (κ3) is 7.32. The molecule has 4 heterocycles. The standard InChI is InChI=1S/C50H50F2N8O6/c1-26(2)41(57-48(63)65-3)47(62)60-32-16-12-31(21-32)43(60)45-54-37-19-15-29(24-38(37)55-45)28-13-17-33-34-18-14-30(23-36(34)50(51,52)35(33)22-28)39-25-53-44(56-39)40-11-8-20-59(40)46(61)42(58-49(64)66-4)27-9-6-5-7-10-27/h5-7,9-10,13-15,17-19,22-26,31-32,40-43H,8,11-12,16,20-21H2,1-4H3,(H,53,56)(H,54,55)(H,57,63)(H,58,64)/t31-,32+,40-,41-,42-,43-/m0/s1. The average molecular weight is 897 g/mol. The van der Waals surface area contributed by atoms with E-state index in [0.717, 1.165) is 30.3 Å². The van der Waals surface area contributed by atoms with Crippen molar-refractivity contribution < 1.29 is 37.4 Å². The Labute approximate surface area is 379 Å². The van der Waals surface area contributed by atoms with Crippen molar-refractivity contribution >= 4 is 35.0 Å². The van der Waals surface area contributed by atoms with Gasteiger partial charge in [-0.1, -0.05) is 74.5 Å². The summed E-state index contributed by atoms with van der Waals surface area (Å²) < 4.78 is 43.0. The molecule has 2 saturated heterocycles. The smallest absolute Gasteiger partial charge is 0.407 e. The van der Waals surface area contributed by atoms with Crippen molar-refractivity contribution in [3.8, 4) is 33.5 Å². The number of piperidine rings is 1. The van der Waals surface area contributed by atoms with Gasteiger partial charge in [0, 0.05) is 29.3 Å². The highest BCUT2D eigenvalue weighted by Gasteiger charge is 2.52. The number of amides is 4. The fourth-order valence-electron chi connectivity index (χ4n) is 10.7. The molecule has 10 rings (SSSR count). The van der Waals surface area contributed by atoms with Gasteiger partial charge >= 0.3 is 12.2 Å². The molecule has 4 aromatic carbocycles. The number of aromatic nitrogens is 4. The van der Waals surface area contributed by atoms with Gasteiger partial charge in [0.05, 0.1) is 49.2 Å². The molecule has 1 saturated carbocycles. The Balaban J connectivity index is 0.887. The topological polar surface area (TPSA) is 175 Å². The van der Waals surface area contributed by atoms with Crippen LogP contribution < -0.4 is 10.6 Å². The molecule has 0 unspecified atom stereocenters. The number of methoxy groups -OCH3 is 2. The number of hydrogen-bond donors (Lipinski definition) is 4. The van der Waals surface area contributed by atoms with Gasteiger partial charge in [0.2, 0.25) is 5.91 Å². The number of nitrogens with one attached hydrogen (secondary N) is 4. The number of aromatic amines is 2. The molecule has 3 fully saturated rings. The minimum atomic E-state index is -3.30. The Bertz CT molecular complexity index is 2880. The zero-order valence-electron chi connectivity index (χ0n) is 36.9. The first kappa shape index (κ1) is 42.8. The Morgan fingerprint density at radius 2 is 1.47 bits per heavy atom. The number of likely N-dealkylation sites (tertiary alicyclic amines) is 2. The van der Waals surface area contributed by atoms with Crippen LogP contribution >= 0.6 is 0 Å². The Kier molecular flexibility index (Phi) is 10.8. The second kappa shape index (κ2) is 16.7. The summed E-state index contributed by atoms with van der Waals surface area (Å²) in [7, 11) is 2.52. The summed E-state index contributed by atoms with van der Waals surface area (Å²) in [5, 5.41) is 5.40. The summed E-state index contributed by atoms with van der Waals surface area (Å²) in [6, 6.07) is 22.4. The fourth-order valence-corrected chi connectivity index (χ4v) is 10.7. The van der Waals surface area contributed by atoms with Gasteiger partial charge in [0.1, 0.15) is 23.7 Å². The number of alkyl halides is 2. The molecule has 2 aliphatic carbocycles. The zero-order valence-corrected chi connectivity index (χ0v) is 36.9. The van der Waals surface area contributed by atoms with Gasteiger partial charge in [0.15, 0.2) is 0 Å². The van der Waals surface area contributed by atoms with Crippen LogP contribution in [0.1, 0.15) is 92.4 Å². The van der Waals surface area contributed by atoms with E-state index in [0.29, 0.717) is 70.1 Å². The molecule has 4 amide bonds. The quantitative estimate of drug-likeness (QED) is 0.105. The minimum absolute atomic E-state index is 0.0418. The summed E-state index contributed by atoms with van der Waals surface area (Å²) in [6.07, 6.45) is 4.27. The lowest BCUT2D eigenvalue weighted by Gasteiger charge is -2.37. The molecule has 66 heavy (non-hydrogen) atoms. The number of fused-ring (bicyclic) bond motifs is 6. The van der Waals surface area contributed by atoms with E-state index in [9.17, 15) is 19.2 Å². The van der Waals surface area contributed by atoms with E-state index in [4.69, 9.17) is 14.5 Å². The van der Waals surface area contributed by atoms with Crippen LogP contribution in [-0.4, -0.2) is 86.6 Å². The number of carbonyl (C=O) groups is 4. The number of halogens is 2. The van der Waals surface area contributed by atoms with Crippen molar-refractivity contribution in [2.24, 2.45) is 11.8 Å². The predicted octanol–water partition coefficient (Wildman–Crippen LogP) is 8.93. The van der Waals surface area contributed by atoms with Gasteiger partial charge in [-0.05, 0) is 96.0 Å². The number of hydrogen-bond acceptors (Lipinski definition) is 8. The first-order valence-corrected chi connectivity index (χ1v) is 22.4. The van der Waals surface area contributed by atoms with Crippen molar-refractivity contribution in [1.82, 2.24) is 40.4 Å². The average Bonchev–Trinajstić information content (AvgIpc) is 4.21. The summed E-state index contributed by atoms with van der Waals surface area (Å²) in [5.41, 5.74) is 5.16. The molecule has 0 spiro atoms. The largest absolute Gasteiger partial charge is 0.453 e. The number of benzene rings is 4. The van der Waals surface area contributed by atoms with Crippen molar-refractivity contribution in [3.05, 3.63) is 119 Å². The van der Waals surface area contributed by atoms with E-state index in [-0.39, 0.29) is 46.9 Å². The van der Waals surface area contributed by atoms with Crippen molar-refractivity contribution in [3.63, 3.8) is 0 Å². The van der Waals surface area contributed by atoms with Gasteiger partial charge in [-0.25, -0.2) is 19.6 Å². The highest BCUT2D eigenvalue weighted by Crippen LogP contribution is 2.53. The molecular formula is C50H50F2N8O6. The third-order valence-electron chi connectivity index (χ3n) is 13.9. The molecule has 14 nitrogen and oxygen atoms in total. The molecular weight excluding hydrogens is 847 g/mol. The predicted molar refractivity (Wildman–Crippen MR) is 241 cm³/mol. The van der Waals surface area contributed by atoms with Gasteiger partial charge in [0.25, 0.3) is 11.8 Å². The monoisotopic (exact) mass is 896 g/mol. The summed E-state index contributed by atoms with van der Waals surface area (Å²) in [5.74, 6) is -2.53. The molecule has 16 heteroatoms. The first-order chi connectivity index (χ1) is 31.8. The molecule has 2 aliphatic heterocycles. The number of imidazole rings is 2. The fraction of sp³-hybridized carbons (Fsp3) is 0.360. The highest BCUT2D eigenvalue weighted by molar-refractivity contribution is 5.89. The highest BCUT2D eigenvalue weighted by atomic mass is 19.3. The van der Waals surface area contributed by atoms with Gasteiger partial charge in [-0.15, -0.1) is 0 Å². The molecule has 0 radical (unpaired) electrons. The number of alkyl carbamates (subject to hydrolysis) is 2. The van der Waals surface area contributed by atoms with Crippen LogP contribution in [-0.2, 0) is 25.0 Å². The normalized spacial score (nSPS) is 21.1. The maximum Gasteiger partial charge on any atom is 0.407 e. The van der Waals surface area contributed by atoms with Crippen molar-refractivity contribution in [2.75, 3.05) is 20.8 Å². The zero-order chi connectivity index (χ0) is 46.0. The molecule has 6 aromatic rings. The lowest BCUT2D eigenvalue weighted by molar-refractivity contribution is -0.139. The molecule has 6 atom stereocenters. The van der Waals surface area contributed by atoms with E-state index >= 15 is 8.78 Å². The van der Waals surface area contributed by atoms with Gasteiger partial charge < -0.3 is 39.9 Å². The van der Waals surface area contributed by atoms with Crippen LogP contribution in [0.5, 0.6) is 0 Å². The van der Waals surface area contributed by atoms with Gasteiger partial charge in [-0.2, -0.15) is 8.78 Å². The van der Waals surface area contributed by atoms with Crippen LogP contribution in [0.25, 0.3) is 44.5 Å². The van der Waals surface area contributed by atoms with Crippen LogP contribution in [0, 0.1) is 11.8 Å². The van der Waals surface area contributed by atoms with E-state index in [1.807, 2.05) is 49.1 Å². The van der Waals surface area contributed by atoms with Crippen molar-refractivity contribution in [1.29, 1.82) is 0 Å². The Morgan fingerprint density at radius 1 is 0.788 bits per heavy atom. The van der Waals surface area contributed by atoms with E-state index in [1.165, 1.54) is 20.3 Å². The number of ether oxygens (including phenoxy) is 2. The maximum absolute atomic E-state index is 16.7. The first-order valence-electron chi connectivity index (χ1n) is 22.4. The number of rotatable bonds is 10. The third-order valence-corrected chi connectivity index (χ3v) is 13.9. The summed E-state index contributed by atoms with van der Waals surface area (Å²) in [4.78, 5) is 72.5. The lowest BCUT2D eigenvalue weighted by atomic mass is 9.95. The summed E-state index contributed by atoms with van der Waals surface area (Å²) in [6.45, 7) is 4.23. The molecule has 4 N–H and O–H groups in total. The van der Waals surface area contributed by atoms with Crippen LogP contribution in [0.15, 0.2) is 91.1 Å². The molecule has 2 aromatic heterocycles. The molecule has 4 aliphatic rings. The second-order valence-electron chi connectivity index (χ2n) is 18.1. The molecule has 340 valence electrons. The minimum Gasteiger partial charge on any atom is -0.453 e. The summed E-state index contributed by atoms with van der Waals surface area (Å²) >= 11 is 0. The van der Waals surface area contributed by atoms with E-state index in [1.54, 1.807) is 59.6 Å². The number of H-pyrrole nitrogens is 2. The Morgan fingerprint density at radius 3 is 2.20 bits per heavy atom. The Hall–Kier alpha value is -7.10. The maximum atomic E-state index is 16.7. The number of carbonyl (C=O) groups excluding carboxylic acids is 4. The SMILES string of the molecule is COC(=O)N[C@H](C(=O)N1CCC[C@H]1c1ncc(-c2ccc3c(c2)C(F)(F)c2cc(-c4ccc5nc([C@@H]6[C@H]7CC[C@H](C7)N6C(=O)[C@@H](NC(=O)OC)C(C)C)[nH]c5c4)ccc2-3)[nH]1)c1ccccc1. The van der Waals surface area contributed by atoms with Crippen molar-refractivity contribution in [2.45, 2.75) is 82.1 Å². The number of nitrogens with zero attached hydrogens (tertiary/aromatic N) is 4. The van der Waals surface area contributed by atoms with E-state index in [2.05, 4.69) is 25.6 Å². The lowest BCUT2D eigenvalue weighted by Crippen LogP contribution is -2.54.